The highest BCUT2D eigenvalue weighted by Crippen LogP contribution is 2.33. The Labute approximate surface area is 93.7 Å². The second-order valence-electron chi connectivity index (χ2n) is 3.37. The van der Waals surface area contributed by atoms with Crippen molar-refractivity contribution in [3.63, 3.8) is 0 Å². The number of aliphatic hydroxyl groups is 2. The fourth-order valence-electron chi connectivity index (χ4n) is 1.40. The molecule has 0 saturated heterocycles. The Morgan fingerprint density at radius 1 is 1.47 bits per heavy atom. The average Bonchev–Trinajstić information content (AvgIpc) is 2.60. The minimum atomic E-state index is -4.84. The first-order valence-corrected chi connectivity index (χ1v) is 4.56. The molecule has 1 heterocycles. The van der Waals surface area contributed by atoms with Gasteiger partial charge in [-0.05, 0) is 6.07 Å². The summed E-state index contributed by atoms with van der Waals surface area (Å²) in [6.45, 7) is -1.24. The van der Waals surface area contributed by atoms with E-state index in [1.54, 1.807) is 0 Å². The summed E-state index contributed by atoms with van der Waals surface area (Å²) in [7, 11) is 0. The molecule has 1 aromatic heterocycles. The smallest absolute Gasteiger partial charge is 0.432 e. The summed E-state index contributed by atoms with van der Waals surface area (Å²) < 4.78 is 38.4. The lowest BCUT2D eigenvalue weighted by Crippen LogP contribution is -2.24. The number of carboxylic acids is 1. The molecule has 0 bridgehead atoms. The van der Waals surface area contributed by atoms with Gasteiger partial charge in [0.2, 0.25) is 0 Å². The zero-order valence-corrected chi connectivity index (χ0v) is 8.48. The van der Waals surface area contributed by atoms with Gasteiger partial charge in [0.25, 0.3) is 0 Å². The van der Waals surface area contributed by atoms with Crippen molar-refractivity contribution in [2.24, 2.45) is 0 Å². The number of aromatic nitrogens is 1. The largest absolute Gasteiger partial charge is 0.478 e. The molecule has 0 aliphatic heterocycles. The van der Waals surface area contributed by atoms with E-state index >= 15 is 0 Å². The third-order valence-corrected chi connectivity index (χ3v) is 2.08. The van der Waals surface area contributed by atoms with Crippen molar-refractivity contribution in [1.29, 1.82) is 0 Å². The molecule has 1 rings (SSSR count). The van der Waals surface area contributed by atoms with Crippen LogP contribution in [0.5, 0.6) is 0 Å². The molecule has 1 unspecified atom stereocenters. The highest BCUT2D eigenvalue weighted by Gasteiger charge is 2.39. The first kappa shape index (κ1) is 13.5. The zero-order chi connectivity index (χ0) is 13.2. The first-order chi connectivity index (χ1) is 7.77. The van der Waals surface area contributed by atoms with Crippen LogP contribution in [-0.2, 0) is 12.7 Å². The number of aliphatic hydroxyl groups excluding tert-OH is 2. The fraction of sp³-hybridized carbons (Fsp3) is 0.444. The number of hydrogen-bond donors (Lipinski definition) is 3. The summed E-state index contributed by atoms with van der Waals surface area (Å²) >= 11 is 0. The van der Waals surface area contributed by atoms with Gasteiger partial charge in [0.05, 0.1) is 24.8 Å². The number of carbonyl (C=O) groups is 1. The molecule has 0 radical (unpaired) electrons. The summed E-state index contributed by atoms with van der Waals surface area (Å²) in [6, 6.07) is 0.801. The minimum absolute atomic E-state index is 0.529. The summed E-state index contributed by atoms with van der Waals surface area (Å²) in [5.41, 5.74) is -2.24. The Hall–Kier alpha value is -1.54. The van der Waals surface area contributed by atoms with Gasteiger partial charge in [0.15, 0.2) is 0 Å². The van der Waals surface area contributed by atoms with Crippen LogP contribution in [0, 0.1) is 0 Å². The standard InChI is InChI=1S/C9H10F3NO4/c10-9(11,12)7-6(8(16)17)1-2-13(7)3-5(15)4-14/h1-2,5,14-15H,3-4H2,(H,16,17). The molecule has 0 spiro atoms. The van der Waals surface area contributed by atoms with Crippen molar-refractivity contribution < 1.29 is 33.3 Å². The van der Waals surface area contributed by atoms with Gasteiger partial charge in [-0.3, -0.25) is 0 Å². The van der Waals surface area contributed by atoms with Crippen molar-refractivity contribution in [3.05, 3.63) is 23.5 Å². The van der Waals surface area contributed by atoms with Crippen LogP contribution >= 0.6 is 0 Å². The van der Waals surface area contributed by atoms with Crippen LogP contribution in [0.15, 0.2) is 12.3 Å². The van der Waals surface area contributed by atoms with Crippen LogP contribution in [0.3, 0.4) is 0 Å². The summed E-state index contributed by atoms with van der Waals surface area (Å²) in [5, 5.41) is 26.2. The molecule has 5 nitrogen and oxygen atoms in total. The van der Waals surface area contributed by atoms with Gasteiger partial charge in [-0.1, -0.05) is 0 Å². The highest BCUT2D eigenvalue weighted by atomic mass is 19.4. The van der Waals surface area contributed by atoms with Gasteiger partial charge >= 0.3 is 12.1 Å². The summed E-state index contributed by atoms with van der Waals surface area (Å²) in [5.74, 6) is -1.70. The molecule has 17 heavy (non-hydrogen) atoms. The third-order valence-electron chi connectivity index (χ3n) is 2.08. The van der Waals surface area contributed by atoms with Gasteiger partial charge < -0.3 is 19.9 Å². The summed E-state index contributed by atoms with van der Waals surface area (Å²) in [6.07, 6.45) is -5.32. The Morgan fingerprint density at radius 2 is 2.06 bits per heavy atom. The van der Waals surface area contributed by atoms with E-state index in [0.717, 1.165) is 12.3 Å². The van der Waals surface area contributed by atoms with Crippen LogP contribution < -0.4 is 0 Å². The van der Waals surface area contributed by atoms with Crippen LogP contribution in [0.2, 0.25) is 0 Å². The van der Waals surface area contributed by atoms with E-state index in [0.29, 0.717) is 4.57 Å². The minimum Gasteiger partial charge on any atom is -0.478 e. The van der Waals surface area contributed by atoms with E-state index in [1.807, 2.05) is 0 Å². The van der Waals surface area contributed by atoms with E-state index in [-0.39, 0.29) is 0 Å². The van der Waals surface area contributed by atoms with Crippen molar-refractivity contribution in [3.8, 4) is 0 Å². The van der Waals surface area contributed by atoms with Crippen LogP contribution in [-0.4, -0.2) is 38.6 Å². The van der Waals surface area contributed by atoms with Gasteiger partial charge in [-0.15, -0.1) is 0 Å². The van der Waals surface area contributed by atoms with Crippen LogP contribution in [0.1, 0.15) is 16.1 Å². The van der Waals surface area contributed by atoms with Crippen molar-refractivity contribution in [1.82, 2.24) is 4.57 Å². The molecule has 0 aliphatic rings. The normalized spacial score (nSPS) is 13.7. The van der Waals surface area contributed by atoms with Gasteiger partial charge in [-0.2, -0.15) is 13.2 Å². The number of aromatic carboxylic acids is 1. The Morgan fingerprint density at radius 3 is 2.47 bits per heavy atom. The maximum Gasteiger partial charge on any atom is 0.432 e. The third kappa shape index (κ3) is 2.98. The van der Waals surface area contributed by atoms with E-state index in [2.05, 4.69) is 0 Å². The van der Waals surface area contributed by atoms with Gasteiger partial charge in [0.1, 0.15) is 5.69 Å². The lowest BCUT2D eigenvalue weighted by atomic mass is 10.2. The van der Waals surface area contributed by atoms with Crippen molar-refractivity contribution in [2.75, 3.05) is 6.61 Å². The maximum atomic E-state index is 12.6. The highest BCUT2D eigenvalue weighted by molar-refractivity contribution is 5.89. The Balaban J connectivity index is 3.19. The number of carboxylic acid groups (broad SMARTS) is 1. The quantitative estimate of drug-likeness (QED) is 0.732. The molecule has 1 atom stereocenters. The van der Waals surface area contributed by atoms with Crippen molar-refractivity contribution >= 4 is 5.97 Å². The first-order valence-electron chi connectivity index (χ1n) is 4.56. The molecule has 0 aromatic carbocycles. The second kappa shape index (κ2) is 4.76. The van der Waals surface area contributed by atoms with E-state index in [4.69, 9.17) is 15.3 Å². The molecule has 96 valence electrons. The molecular weight excluding hydrogens is 243 g/mol. The molecular formula is C9H10F3NO4. The molecule has 8 heteroatoms. The predicted molar refractivity (Wildman–Crippen MR) is 49.5 cm³/mol. The van der Waals surface area contributed by atoms with Crippen LogP contribution in [0.25, 0.3) is 0 Å². The lowest BCUT2D eigenvalue weighted by molar-refractivity contribution is -0.144. The molecule has 0 amide bonds. The lowest BCUT2D eigenvalue weighted by Gasteiger charge is -2.15. The van der Waals surface area contributed by atoms with Gasteiger partial charge in [-0.25, -0.2) is 4.79 Å². The molecule has 0 saturated carbocycles. The molecule has 0 fully saturated rings. The number of nitrogens with zero attached hydrogens (tertiary/aromatic N) is 1. The fourth-order valence-corrected chi connectivity index (χ4v) is 1.40. The van der Waals surface area contributed by atoms with E-state index in [1.165, 1.54) is 0 Å². The average molecular weight is 253 g/mol. The monoisotopic (exact) mass is 253 g/mol. The maximum absolute atomic E-state index is 12.6. The topological polar surface area (TPSA) is 82.7 Å². The second-order valence-corrected chi connectivity index (χ2v) is 3.37. The van der Waals surface area contributed by atoms with Gasteiger partial charge in [0, 0.05) is 6.20 Å². The molecule has 1 aromatic rings. The van der Waals surface area contributed by atoms with Crippen LogP contribution in [0.4, 0.5) is 13.2 Å². The van der Waals surface area contributed by atoms with E-state index < -0.39 is 42.7 Å². The predicted octanol–water partition coefficient (Wildman–Crippen LogP) is 0.558. The number of rotatable bonds is 4. The Kier molecular flexibility index (Phi) is 3.79. The molecule has 0 aliphatic carbocycles. The van der Waals surface area contributed by atoms with E-state index in [9.17, 15) is 18.0 Å². The number of alkyl halides is 3. The number of hydrogen-bond acceptors (Lipinski definition) is 3. The zero-order valence-electron chi connectivity index (χ0n) is 8.48. The number of halogens is 3. The molecule has 3 N–H and O–H groups in total. The Bertz CT molecular complexity index is 413. The SMILES string of the molecule is O=C(O)c1ccn(CC(O)CO)c1C(F)(F)F. The van der Waals surface area contributed by atoms with Crippen molar-refractivity contribution in [2.45, 2.75) is 18.8 Å². The summed E-state index contributed by atoms with van der Waals surface area (Å²) in [4.78, 5) is 10.6.